The van der Waals surface area contributed by atoms with E-state index in [1.54, 1.807) is 31.7 Å². The van der Waals surface area contributed by atoms with Crippen molar-refractivity contribution in [1.82, 2.24) is 23.9 Å². The molecule has 1 fully saturated rings. The number of halogens is 1. The minimum atomic E-state index is -0.652. The smallest absolute Gasteiger partial charge is 0.337 e. The first-order valence-electron chi connectivity index (χ1n) is 10.4. The molecule has 0 aliphatic carbocycles. The van der Waals surface area contributed by atoms with E-state index in [1.807, 2.05) is 40.6 Å². The van der Waals surface area contributed by atoms with E-state index >= 15 is 0 Å². The zero-order valence-corrected chi connectivity index (χ0v) is 18.6. The lowest BCUT2D eigenvalue weighted by molar-refractivity contribution is -0.677. The van der Waals surface area contributed by atoms with Crippen molar-refractivity contribution in [2.24, 2.45) is 4.99 Å². The van der Waals surface area contributed by atoms with E-state index in [4.69, 9.17) is 16.6 Å². The number of hydrogen-bond acceptors (Lipinski definition) is 4. The molecule has 1 unspecified atom stereocenters. The molecule has 4 heterocycles. The van der Waals surface area contributed by atoms with E-state index in [2.05, 4.69) is 9.55 Å². The van der Waals surface area contributed by atoms with Crippen molar-refractivity contribution in [1.29, 1.82) is 0 Å². The number of hydrogen-bond donors (Lipinski definition) is 0. The van der Waals surface area contributed by atoms with E-state index < -0.39 is 6.04 Å². The SMILES string of the molecule is Cc1c[n+]2c(n1CCCn1ccnc1)N=C1C2C(=O)N(Cc2cccc(Cl)c2)C(=O)N1C. The maximum absolute atomic E-state index is 13.4. The Balaban J connectivity index is 1.41. The van der Waals surface area contributed by atoms with Gasteiger partial charge in [0.1, 0.15) is 11.9 Å². The highest BCUT2D eigenvalue weighted by Crippen LogP contribution is 2.30. The predicted octanol–water partition coefficient (Wildman–Crippen LogP) is 2.70. The van der Waals surface area contributed by atoms with Gasteiger partial charge in [-0.05, 0) is 31.0 Å². The number of aryl methyl sites for hydroxylation is 2. The fourth-order valence-electron chi connectivity index (χ4n) is 4.30. The molecule has 1 atom stereocenters. The number of aromatic nitrogens is 4. The lowest BCUT2D eigenvalue weighted by atomic mass is 10.1. The third kappa shape index (κ3) is 3.38. The van der Waals surface area contributed by atoms with Gasteiger partial charge in [0.25, 0.3) is 5.91 Å². The summed E-state index contributed by atoms with van der Waals surface area (Å²) in [6, 6.07) is 6.14. The lowest BCUT2D eigenvalue weighted by Gasteiger charge is -2.33. The van der Waals surface area contributed by atoms with Gasteiger partial charge in [0.15, 0.2) is 0 Å². The Morgan fingerprint density at radius 3 is 2.81 bits per heavy atom. The molecule has 0 N–H and O–H groups in total. The molecule has 3 aromatic rings. The van der Waals surface area contributed by atoms with Crippen molar-refractivity contribution in [2.75, 3.05) is 7.05 Å². The van der Waals surface area contributed by atoms with Crippen molar-refractivity contribution in [3.63, 3.8) is 0 Å². The number of benzene rings is 1. The van der Waals surface area contributed by atoms with Gasteiger partial charge in [0.2, 0.25) is 11.9 Å². The third-order valence-electron chi connectivity index (χ3n) is 5.91. The van der Waals surface area contributed by atoms with Gasteiger partial charge in [-0.2, -0.15) is 0 Å². The molecule has 1 aromatic carbocycles. The summed E-state index contributed by atoms with van der Waals surface area (Å²) >= 11 is 6.08. The first-order chi connectivity index (χ1) is 15.4. The number of rotatable bonds is 6. The molecule has 0 saturated carbocycles. The summed E-state index contributed by atoms with van der Waals surface area (Å²) in [7, 11) is 1.66. The normalized spacial score (nSPS) is 17.6. The molecule has 9 nitrogen and oxygen atoms in total. The van der Waals surface area contributed by atoms with E-state index in [-0.39, 0.29) is 18.5 Å². The van der Waals surface area contributed by atoms with Crippen LogP contribution in [-0.2, 0) is 24.4 Å². The summed E-state index contributed by atoms with van der Waals surface area (Å²) in [6.07, 6.45) is 8.32. The summed E-state index contributed by atoms with van der Waals surface area (Å²) in [6.45, 7) is 3.74. The van der Waals surface area contributed by atoms with E-state index in [0.717, 1.165) is 30.8 Å². The third-order valence-corrected chi connectivity index (χ3v) is 6.14. The number of fused-ring (bicyclic) bond motifs is 3. The zero-order chi connectivity index (χ0) is 22.4. The van der Waals surface area contributed by atoms with Crippen LogP contribution in [0.25, 0.3) is 0 Å². The van der Waals surface area contributed by atoms with Crippen molar-refractivity contribution in [3.05, 3.63) is 65.5 Å². The lowest BCUT2D eigenvalue weighted by Crippen LogP contribution is -2.62. The second-order valence-corrected chi connectivity index (χ2v) is 8.49. The molecule has 0 bridgehead atoms. The molecule has 2 aliphatic heterocycles. The average molecular weight is 453 g/mol. The van der Waals surface area contributed by atoms with Crippen LogP contribution < -0.4 is 4.57 Å². The second-order valence-electron chi connectivity index (χ2n) is 8.05. The molecule has 164 valence electrons. The number of amidine groups is 1. The van der Waals surface area contributed by atoms with Crippen molar-refractivity contribution in [2.45, 2.75) is 39.0 Å². The minimum absolute atomic E-state index is 0.160. The fourth-order valence-corrected chi connectivity index (χ4v) is 4.51. The number of imidazole rings is 2. The van der Waals surface area contributed by atoms with Gasteiger partial charge in [-0.25, -0.2) is 18.9 Å². The Morgan fingerprint density at radius 2 is 2.06 bits per heavy atom. The number of likely N-dealkylation sites (N-methyl/N-ethyl adjacent to an activating group) is 1. The molecule has 5 rings (SSSR count). The van der Waals surface area contributed by atoms with Crippen LogP contribution in [0.2, 0.25) is 5.02 Å². The van der Waals surface area contributed by atoms with E-state index in [1.165, 1.54) is 9.80 Å². The predicted molar refractivity (Wildman–Crippen MR) is 118 cm³/mol. The van der Waals surface area contributed by atoms with Gasteiger partial charge >= 0.3 is 12.0 Å². The van der Waals surface area contributed by atoms with Crippen molar-refractivity contribution >= 4 is 35.3 Å². The van der Waals surface area contributed by atoms with Crippen molar-refractivity contribution < 1.29 is 14.2 Å². The van der Waals surface area contributed by atoms with Gasteiger partial charge in [0, 0.05) is 31.0 Å². The maximum Gasteiger partial charge on any atom is 0.401 e. The van der Waals surface area contributed by atoms with Crippen LogP contribution in [0, 0.1) is 6.92 Å². The highest BCUT2D eigenvalue weighted by Gasteiger charge is 2.53. The Bertz CT molecular complexity index is 1230. The van der Waals surface area contributed by atoms with Gasteiger partial charge in [-0.1, -0.05) is 28.7 Å². The first kappa shape index (κ1) is 20.4. The van der Waals surface area contributed by atoms with E-state index in [9.17, 15) is 9.59 Å². The molecule has 0 radical (unpaired) electrons. The summed E-state index contributed by atoms with van der Waals surface area (Å²) in [5, 5.41) is 0.566. The number of carbonyl (C=O) groups excluding carboxylic acids is 2. The van der Waals surface area contributed by atoms with Crippen LogP contribution >= 0.6 is 11.6 Å². The topological polar surface area (TPSA) is 79.6 Å². The molecule has 3 amide bonds. The molecule has 0 spiro atoms. The van der Waals surface area contributed by atoms with Crippen LogP contribution in [0.1, 0.15) is 23.7 Å². The number of aliphatic imine (C=N–C) groups is 1. The van der Waals surface area contributed by atoms with Crippen LogP contribution in [0.4, 0.5) is 10.7 Å². The van der Waals surface area contributed by atoms with Gasteiger partial charge in [-0.3, -0.25) is 14.6 Å². The maximum atomic E-state index is 13.4. The molecule has 2 aliphatic rings. The number of urea groups is 1. The molecular weight excluding hydrogens is 430 g/mol. The fraction of sp³-hybridized carbons (Fsp3) is 0.318. The van der Waals surface area contributed by atoms with Crippen LogP contribution in [0.15, 0.2) is 54.2 Å². The first-order valence-corrected chi connectivity index (χ1v) is 10.8. The van der Waals surface area contributed by atoms with Crippen LogP contribution in [0.5, 0.6) is 0 Å². The second kappa shape index (κ2) is 7.90. The number of nitrogens with zero attached hydrogens (tertiary/aromatic N) is 7. The van der Waals surface area contributed by atoms with Gasteiger partial charge < -0.3 is 4.57 Å². The molecule has 32 heavy (non-hydrogen) atoms. The molecule has 2 aromatic heterocycles. The largest absolute Gasteiger partial charge is 0.401 e. The number of amides is 3. The molecule has 10 heteroatoms. The van der Waals surface area contributed by atoms with Gasteiger partial charge in [-0.15, -0.1) is 0 Å². The monoisotopic (exact) mass is 452 g/mol. The summed E-state index contributed by atoms with van der Waals surface area (Å²) in [4.78, 5) is 37.9. The summed E-state index contributed by atoms with van der Waals surface area (Å²) in [5.41, 5.74) is 1.81. The molecular formula is C22H23ClN7O2+. The number of carbonyl (C=O) groups is 2. The van der Waals surface area contributed by atoms with Gasteiger partial charge in [0.05, 0.1) is 19.4 Å². The minimum Gasteiger partial charge on any atom is -0.337 e. The van der Waals surface area contributed by atoms with Crippen LogP contribution in [0.3, 0.4) is 0 Å². The zero-order valence-electron chi connectivity index (χ0n) is 17.8. The Hall–Kier alpha value is -3.46. The standard InChI is InChI=1S/C22H23ClN7O2/c1-15-12-29-18-19(25-21(29)28(15)9-4-8-27-10-7-24-14-27)26(2)22(32)30(20(18)31)13-16-5-3-6-17(23)11-16/h3,5-7,10-12,14,18H,4,8-9,13H2,1-2H3/q+1. The molecule has 1 saturated heterocycles. The Labute approximate surface area is 190 Å². The summed E-state index contributed by atoms with van der Waals surface area (Å²) in [5.74, 6) is 0.859. The highest BCUT2D eigenvalue weighted by molar-refractivity contribution is 6.30. The van der Waals surface area contributed by atoms with E-state index in [0.29, 0.717) is 16.8 Å². The Kier molecular flexibility index (Phi) is 5.05. The average Bonchev–Trinajstić information content (AvgIpc) is 3.47. The number of imide groups is 1. The highest BCUT2D eigenvalue weighted by atomic mass is 35.5. The van der Waals surface area contributed by atoms with Crippen LogP contribution in [-0.4, -0.2) is 48.7 Å². The quantitative estimate of drug-likeness (QED) is 0.539. The van der Waals surface area contributed by atoms with Crippen molar-refractivity contribution in [3.8, 4) is 0 Å². The Morgan fingerprint density at radius 1 is 1.22 bits per heavy atom. The summed E-state index contributed by atoms with van der Waals surface area (Å²) < 4.78 is 5.99.